The Kier molecular flexibility index (Phi) is 6.14. The van der Waals surface area contributed by atoms with Gasteiger partial charge in [-0.1, -0.05) is 0 Å². The summed E-state index contributed by atoms with van der Waals surface area (Å²) in [5.74, 6) is 0.896. The Morgan fingerprint density at radius 1 is 1.32 bits per heavy atom. The van der Waals surface area contributed by atoms with E-state index in [0.717, 1.165) is 23.5 Å². The van der Waals surface area contributed by atoms with Crippen molar-refractivity contribution in [3.8, 4) is 0 Å². The second-order valence-electron chi connectivity index (χ2n) is 5.79. The van der Waals surface area contributed by atoms with Crippen LogP contribution in [0.15, 0.2) is 18.2 Å². The number of hydrogen-bond donors (Lipinski definition) is 1. The fourth-order valence-corrected chi connectivity index (χ4v) is 2.23. The summed E-state index contributed by atoms with van der Waals surface area (Å²) in [5, 5.41) is 3.42. The molecule has 0 bridgehead atoms. The predicted molar refractivity (Wildman–Crippen MR) is 84.6 cm³/mol. The van der Waals surface area contributed by atoms with Crippen LogP contribution in [0.2, 0.25) is 0 Å². The van der Waals surface area contributed by atoms with Gasteiger partial charge in [-0.25, -0.2) is 4.39 Å². The fourth-order valence-electron chi connectivity index (χ4n) is 1.78. The summed E-state index contributed by atoms with van der Waals surface area (Å²) in [4.78, 5) is 2.19. The first kappa shape index (κ1) is 16.3. The van der Waals surface area contributed by atoms with Crippen molar-refractivity contribution in [3.63, 3.8) is 0 Å². The second-order valence-corrected chi connectivity index (χ2v) is 6.78. The quantitative estimate of drug-likeness (QED) is 0.860. The lowest BCUT2D eigenvalue weighted by atomic mass is 10.1. The van der Waals surface area contributed by atoms with E-state index in [0.29, 0.717) is 6.54 Å². The van der Waals surface area contributed by atoms with Crippen molar-refractivity contribution in [1.29, 1.82) is 0 Å². The predicted octanol–water partition coefficient (Wildman–Crippen LogP) is 3.51. The van der Waals surface area contributed by atoms with Gasteiger partial charge in [0.2, 0.25) is 0 Å². The Hall–Kier alpha value is -0.740. The van der Waals surface area contributed by atoms with Gasteiger partial charge in [0.25, 0.3) is 0 Å². The van der Waals surface area contributed by atoms with Gasteiger partial charge in [-0.05, 0) is 50.8 Å². The van der Waals surface area contributed by atoms with E-state index in [1.165, 1.54) is 6.07 Å². The molecule has 1 aromatic carbocycles. The molecule has 0 unspecified atom stereocenters. The Morgan fingerprint density at radius 2 is 2.00 bits per heavy atom. The molecule has 1 rings (SSSR count). The Labute approximate surface area is 120 Å². The molecule has 0 aliphatic heterocycles. The van der Waals surface area contributed by atoms with Crippen molar-refractivity contribution in [2.24, 2.45) is 0 Å². The molecule has 0 aliphatic rings. The van der Waals surface area contributed by atoms with E-state index in [-0.39, 0.29) is 11.4 Å². The molecule has 1 N–H and O–H groups in total. The molecular formula is C15H25FN2S. The summed E-state index contributed by atoms with van der Waals surface area (Å²) in [6.07, 6.45) is 2.10. The molecule has 0 atom stereocenters. The molecule has 1 aromatic rings. The molecule has 0 saturated carbocycles. The topological polar surface area (TPSA) is 15.3 Å². The number of rotatable bonds is 6. The van der Waals surface area contributed by atoms with Gasteiger partial charge < -0.3 is 10.2 Å². The molecule has 0 radical (unpaired) electrons. The first-order chi connectivity index (χ1) is 8.83. The second kappa shape index (κ2) is 7.15. The maximum Gasteiger partial charge on any atom is 0.123 e. The third kappa shape index (κ3) is 5.83. The number of thioether (sulfide) groups is 1. The highest BCUT2D eigenvalue weighted by Gasteiger charge is 2.13. The monoisotopic (exact) mass is 284 g/mol. The van der Waals surface area contributed by atoms with Gasteiger partial charge in [-0.3, -0.25) is 0 Å². The summed E-state index contributed by atoms with van der Waals surface area (Å²) in [7, 11) is 2.06. The maximum absolute atomic E-state index is 13.4. The zero-order valence-electron chi connectivity index (χ0n) is 12.6. The van der Waals surface area contributed by atoms with Crippen LogP contribution in [-0.2, 0) is 6.54 Å². The molecule has 0 heterocycles. The van der Waals surface area contributed by atoms with Crippen molar-refractivity contribution < 1.29 is 4.39 Å². The highest BCUT2D eigenvalue weighted by atomic mass is 32.2. The summed E-state index contributed by atoms with van der Waals surface area (Å²) >= 11 is 1.82. The Morgan fingerprint density at radius 3 is 2.58 bits per heavy atom. The van der Waals surface area contributed by atoms with E-state index < -0.39 is 0 Å². The third-order valence-electron chi connectivity index (χ3n) is 2.89. The van der Waals surface area contributed by atoms with E-state index >= 15 is 0 Å². The van der Waals surface area contributed by atoms with Crippen molar-refractivity contribution in [3.05, 3.63) is 29.6 Å². The summed E-state index contributed by atoms with van der Waals surface area (Å²) in [5.41, 5.74) is 2.15. The number of anilines is 1. The van der Waals surface area contributed by atoms with Crippen LogP contribution in [0.4, 0.5) is 10.1 Å². The average Bonchev–Trinajstić information content (AvgIpc) is 2.32. The van der Waals surface area contributed by atoms with E-state index in [4.69, 9.17) is 0 Å². The fraction of sp³-hybridized carbons (Fsp3) is 0.600. The van der Waals surface area contributed by atoms with Crippen LogP contribution in [0, 0.1) is 5.82 Å². The molecule has 19 heavy (non-hydrogen) atoms. The van der Waals surface area contributed by atoms with Gasteiger partial charge in [0, 0.05) is 37.1 Å². The minimum Gasteiger partial charge on any atom is -0.374 e. The zero-order chi connectivity index (χ0) is 14.5. The Bertz CT molecular complexity index is 402. The summed E-state index contributed by atoms with van der Waals surface area (Å²) < 4.78 is 13.4. The van der Waals surface area contributed by atoms with E-state index in [9.17, 15) is 4.39 Å². The van der Waals surface area contributed by atoms with Gasteiger partial charge in [0.05, 0.1) is 0 Å². The Balaban J connectivity index is 2.85. The maximum atomic E-state index is 13.4. The van der Waals surface area contributed by atoms with Crippen molar-refractivity contribution >= 4 is 17.4 Å². The van der Waals surface area contributed by atoms with Crippen molar-refractivity contribution in [1.82, 2.24) is 5.32 Å². The average molecular weight is 284 g/mol. The van der Waals surface area contributed by atoms with Crippen LogP contribution in [0.3, 0.4) is 0 Å². The number of nitrogens with zero attached hydrogens (tertiary/aromatic N) is 1. The van der Waals surface area contributed by atoms with E-state index in [1.54, 1.807) is 6.07 Å². The molecular weight excluding hydrogens is 259 g/mol. The lowest BCUT2D eigenvalue weighted by Gasteiger charge is -2.25. The van der Waals surface area contributed by atoms with E-state index in [1.807, 2.05) is 17.8 Å². The molecule has 0 spiro atoms. The minimum atomic E-state index is -0.173. The number of benzene rings is 1. The van der Waals surface area contributed by atoms with Crippen LogP contribution in [0.1, 0.15) is 26.3 Å². The molecule has 0 amide bonds. The van der Waals surface area contributed by atoms with Crippen LogP contribution in [0.5, 0.6) is 0 Å². The molecule has 2 nitrogen and oxygen atoms in total. The number of hydrogen-bond acceptors (Lipinski definition) is 3. The molecule has 0 aliphatic carbocycles. The zero-order valence-corrected chi connectivity index (χ0v) is 13.4. The van der Waals surface area contributed by atoms with Crippen LogP contribution < -0.4 is 10.2 Å². The number of nitrogens with one attached hydrogen (secondary N) is 1. The molecule has 0 fully saturated rings. The van der Waals surface area contributed by atoms with E-state index in [2.05, 4.69) is 44.3 Å². The van der Waals surface area contributed by atoms with Crippen LogP contribution in [-0.4, -0.2) is 31.1 Å². The molecule has 4 heteroatoms. The minimum absolute atomic E-state index is 0.0292. The van der Waals surface area contributed by atoms with Gasteiger partial charge in [0.1, 0.15) is 5.82 Å². The van der Waals surface area contributed by atoms with Gasteiger partial charge in [-0.2, -0.15) is 11.8 Å². The highest BCUT2D eigenvalue weighted by Crippen LogP contribution is 2.21. The van der Waals surface area contributed by atoms with Crippen LogP contribution >= 0.6 is 11.8 Å². The van der Waals surface area contributed by atoms with Gasteiger partial charge >= 0.3 is 0 Å². The standard InChI is InChI=1S/C15H25FN2S/c1-15(2,3)17-11-12-10-13(16)6-7-14(12)18(4)8-9-19-5/h6-7,10,17H,8-9,11H2,1-5H3. The molecule has 0 saturated heterocycles. The van der Waals surface area contributed by atoms with Gasteiger partial charge in [-0.15, -0.1) is 0 Å². The van der Waals surface area contributed by atoms with Crippen molar-refractivity contribution in [2.75, 3.05) is 30.5 Å². The number of halogens is 1. The summed E-state index contributed by atoms with van der Waals surface area (Å²) in [6.45, 7) is 7.99. The van der Waals surface area contributed by atoms with Crippen molar-refractivity contribution in [2.45, 2.75) is 32.9 Å². The third-order valence-corrected chi connectivity index (χ3v) is 3.48. The highest BCUT2D eigenvalue weighted by molar-refractivity contribution is 7.98. The molecule has 0 aromatic heterocycles. The first-order valence-electron chi connectivity index (χ1n) is 6.57. The first-order valence-corrected chi connectivity index (χ1v) is 7.96. The smallest absolute Gasteiger partial charge is 0.123 e. The SMILES string of the molecule is CSCCN(C)c1ccc(F)cc1CNC(C)(C)C. The summed E-state index contributed by atoms with van der Waals surface area (Å²) in [6, 6.07) is 5.03. The normalized spacial score (nSPS) is 11.7. The molecule has 108 valence electrons. The van der Waals surface area contributed by atoms with Gasteiger partial charge in [0.15, 0.2) is 0 Å². The largest absolute Gasteiger partial charge is 0.374 e. The lowest BCUT2D eigenvalue weighted by Crippen LogP contribution is -2.35. The lowest BCUT2D eigenvalue weighted by molar-refractivity contribution is 0.423. The van der Waals surface area contributed by atoms with Crippen LogP contribution in [0.25, 0.3) is 0 Å².